The maximum Gasteiger partial charge on any atom is 0.340 e. The molecule has 0 fully saturated rings. The van der Waals surface area contributed by atoms with Gasteiger partial charge in [0.1, 0.15) is 0 Å². The number of nitrogens with one attached hydrogen (secondary N) is 1. The van der Waals surface area contributed by atoms with Crippen LogP contribution in [0.25, 0.3) is 0 Å². The van der Waals surface area contributed by atoms with Crippen LogP contribution in [0.3, 0.4) is 0 Å². The lowest BCUT2D eigenvalue weighted by atomic mass is 10.1. The quantitative estimate of drug-likeness (QED) is 0.671. The molecule has 1 N–H and O–H groups in total. The molecule has 0 aliphatic heterocycles. The molecular formula is C10H10ClF2NO3. The second-order valence-electron chi connectivity index (χ2n) is 3.11. The number of esters is 1. The van der Waals surface area contributed by atoms with E-state index in [0.717, 1.165) is 6.07 Å². The number of alkyl halides is 3. The first-order valence-corrected chi connectivity index (χ1v) is 5.32. The highest BCUT2D eigenvalue weighted by Gasteiger charge is 2.22. The molecule has 1 aromatic heterocycles. The summed E-state index contributed by atoms with van der Waals surface area (Å²) in [5.41, 5.74) is -1.80. The number of hydrogen-bond donors (Lipinski definition) is 1. The van der Waals surface area contributed by atoms with Crippen LogP contribution in [-0.4, -0.2) is 17.6 Å². The zero-order valence-electron chi connectivity index (χ0n) is 8.93. The summed E-state index contributed by atoms with van der Waals surface area (Å²) in [6, 6.07) is 1.03. The van der Waals surface area contributed by atoms with Crippen LogP contribution in [0.5, 0.6) is 0 Å². The Bertz CT molecular complexity index is 473. The third-order valence-electron chi connectivity index (χ3n) is 2.01. The van der Waals surface area contributed by atoms with E-state index in [9.17, 15) is 18.4 Å². The van der Waals surface area contributed by atoms with Gasteiger partial charge in [0.15, 0.2) is 0 Å². The zero-order chi connectivity index (χ0) is 13.0. The van der Waals surface area contributed by atoms with E-state index in [1.807, 2.05) is 4.98 Å². The highest BCUT2D eigenvalue weighted by Crippen LogP contribution is 2.21. The fraction of sp³-hybridized carbons (Fsp3) is 0.400. The number of aromatic amines is 1. The van der Waals surface area contributed by atoms with E-state index in [2.05, 4.69) is 4.74 Å². The van der Waals surface area contributed by atoms with Gasteiger partial charge >= 0.3 is 5.97 Å². The van der Waals surface area contributed by atoms with Crippen LogP contribution >= 0.6 is 11.6 Å². The first kappa shape index (κ1) is 13.6. The van der Waals surface area contributed by atoms with Crippen LogP contribution in [0.4, 0.5) is 8.78 Å². The van der Waals surface area contributed by atoms with Gasteiger partial charge in [-0.05, 0) is 13.0 Å². The van der Waals surface area contributed by atoms with E-state index in [-0.39, 0.29) is 23.6 Å². The van der Waals surface area contributed by atoms with Gasteiger partial charge in [-0.25, -0.2) is 13.6 Å². The first-order chi connectivity index (χ1) is 8.01. The third-order valence-corrected chi connectivity index (χ3v) is 2.29. The molecule has 0 saturated heterocycles. The fourth-order valence-electron chi connectivity index (χ4n) is 1.24. The summed E-state index contributed by atoms with van der Waals surface area (Å²) >= 11 is 5.46. The average molecular weight is 266 g/mol. The first-order valence-electron chi connectivity index (χ1n) is 4.78. The maximum atomic E-state index is 12.6. The van der Waals surface area contributed by atoms with Crippen LogP contribution in [0.15, 0.2) is 10.9 Å². The van der Waals surface area contributed by atoms with E-state index in [0.29, 0.717) is 0 Å². The van der Waals surface area contributed by atoms with Crippen LogP contribution in [0.1, 0.15) is 35.0 Å². The van der Waals surface area contributed by atoms with Gasteiger partial charge in [0.2, 0.25) is 0 Å². The second kappa shape index (κ2) is 5.77. The lowest BCUT2D eigenvalue weighted by Gasteiger charge is -2.09. The van der Waals surface area contributed by atoms with Gasteiger partial charge in [-0.1, -0.05) is 0 Å². The van der Waals surface area contributed by atoms with Gasteiger partial charge in [0.05, 0.1) is 23.7 Å². The van der Waals surface area contributed by atoms with Gasteiger partial charge in [-0.15, -0.1) is 11.6 Å². The summed E-state index contributed by atoms with van der Waals surface area (Å²) in [5.74, 6) is -1.09. The normalized spacial score (nSPS) is 10.6. The predicted octanol–water partition coefficient (Wildman–Crippen LogP) is 2.23. The number of carbonyl (C=O) groups is 1. The number of aromatic nitrogens is 1. The molecule has 4 nitrogen and oxygen atoms in total. The topological polar surface area (TPSA) is 59.2 Å². The largest absolute Gasteiger partial charge is 0.462 e. The second-order valence-corrected chi connectivity index (χ2v) is 3.37. The molecule has 0 bridgehead atoms. The van der Waals surface area contributed by atoms with Gasteiger partial charge in [-0.2, -0.15) is 0 Å². The molecule has 0 aromatic carbocycles. The Kier molecular flexibility index (Phi) is 4.62. The van der Waals surface area contributed by atoms with Crippen molar-refractivity contribution in [3.05, 3.63) is 33.2 Å². The van der Waals surface area contributed by atoms with E-state index in [1.165, 1.54) is 0 Å². The van der Waals surface area contributed by atoms with Crippen LogP contribution in [0.2, 0.25) is 0 Å². The minimum absolute atomic E-state index is 0.0409. The van der Waals surface area contributed by atoms with Crippen molar-refractivity contribution in [1.82, 2.24) is 4.98 Å². The van der Waals surface area contributed by atoms with E-state index >= 15 is 0 Å². The predicted molar refractivity (Wildman–Crippen MR) is 57.5 cm³/mol. The number of pyridine rings is 1. The average Bonchev–Trinajstić information content (AvgIpc) is 2.28. The SMILES string of the molecule is CCOC(=O)c1cc(CCl)c(=O)[nH]c1C(F)F. The van der Waals surface area contributed by atoms with Crippen LogP contribution in [0, 0.1) is 0 Å². The molecule has 0 unspecified atom stereocenters. The zero-order valence-corrected chi connectivity index (χ0v) is 9.68. The van der Waals surface area contributed by atoms with Gasteiger partial charge in [-0.3, -0.25) is 4.79 Å². The van der Waals surface area contributed by atoms with Crippen molar-refractivity contribution in [3.63, 3.8) is 0 Å². The molecule has 0 aliphatic rings. The number of rotatable bonds is 4. The molecule has 0 spiro atoms. The van der Waals surface area contributed by atoms with Crippen molar-refractivity contribution in [1.29, 1.82) is 0 Å². The standard InChI is InChI=1S/C10H10ClF2NO3/c1-2-17-10(16)6-3-5(4-11)9(15)14-7(6)8(12)13/h3,8H,2,4H2,1H3,(H,14,15). The summed E-state index contributed by atoms with van der Waals surface area (Å²) < 4.78 is 29.9. The maximum absolute atomic E-state index is 12.6. The Balaban J connectivity index is 3.33. The van der Waals surface area contributed by atoms with Crippen molar-refractivity contribution < 1.29 is 18.3 Å². The van der Waals surface area contributed by atoms with Crippen molar-refractivity contribution in [2.24, 2.45) is 0 Å². The Hall–Kier alpha value is -1.43. The number of H-pyrrole nitrogens is 1. The van der Waals surface area contributed by atoms with Crippen LogP contribution in [-0.2, 0) is 10.6 Å². The number of carbonyl (C=O) groups excluding carboxylic acids is 1. The van der Waals surface area contributed by atoms with Gasteiger partial charge in [0, 0.05) is 5.56 Å². The Labute approximate surface area is 101 Å². The van der Waals surface area contributed by atoms with Crippen molar-refractivity contribution >= 4 is 17.6 Å². The molecule has 1 rings (SSSR count). The molecule has 0 amide bonds. The highest BCUT2D eigenvalue weighted by atomic mass is 35.5. The number of hydrogen-bond acceptors (Lipinski definition) is 3. The van der Waals surface area contributed by atoms with E-state index in [4.69, 9.17) is 11.6 Å². The van der Waals surface area contributed by atoms with Gasteiger partial charge < -0.3 is 9.72 Å². The van der Waals surface area contributed by atoms with E-state index < -0.39 is 23.6 Å². The molecule has 0 atom stereocenters. The Morgan fingerprint density at radius 3 is 2.71 bits per heavy atom. The Morgan fingerprint density at radius 2 is 2.24 bits per heavy atom. The van der Waals surface area contributed by atoms with Crippen molar-refractivity contribution in [2.45, 2.75) is 19.2 Å². The Morgan fingerprint density at radius 1 is 1.59 bits per heavy atom. The highest BCUT2D eigenvalue weighted by molar-refractivity contribution is 6.17. The minimum Gasteiger partial charge on any atom is -0.462 e. The summed E-state index contributed by atoms with van der Waals surface area (Å²) in [7, 11) is 0. The molecule has 94 valence electrons. The third kappa shape index (κ3) is 3.03. The van der Waals surface area contributed by atoms with Crippen LogP contribution < -0.4 is 5.56 Å². The lowest BCUT2D eigenvalue weighted by molar-refractivity contribution is 0.0513. The summed E-state index contributed by atoms with van der Waals surface area (Å²) in [5, 5.41) is 0. The molecule has 17 heavy (non-hydrogen) atoms. The molecule has 7 heteroatoms. The molecule has 1 heterocycles. The fourth-order valence-corrected chi connectivity index (χ4v) is 1.44. The number of halogens is 3. The summed E-state index contributed by atoms with van der Waals surface area (Å²) in [4.78, 5) is 24.7. The van der Waals surface area contributed by atoms with Crippen molar-refractivity contribution in [2.75, 3.05) is 6.61 Å². The molecule has 1 aromatic rings. The van der Waals surface area contributed by atoms with Crippen molar-refractivity contribution in [3.8, 4) is 0 Å². The molecule has 0 aliphatic carbocycles. The smallest absolute Gasteiger partial charge is 0.340 e. The summed E-state index contributed by atoms with van der Waals surface area (Å²) in [6.07, 6.45) is -2.97. The summed E-state index contributed by atoms with van der Waals surface area (Å²) in [6.45, 7) is 1.60. The molecular weight excluding hydrogens is 256 g/mol. The lowest BCUT2D eigenvalue weighted by Crippen LogP contribution is -2.19. The molecule has 0 saturated carbocycles. The minimum atomic E-state index is -2.97. The number of ether oxygens (including phenoxy) is 1. The molecule has 0 radical (unpaired) electrons. The monoisotopic (exact) mass is 265 g/mol. The van der Waals surface area contributed by atoms with E-state index in [1.54, 1.807) is 6.92 Å². The van der Waals surface area contributed by atoms with Gasteiger partial charge in [0.25, 0.3) is 12.0 Å².